The summed E-state index contributed by atoms with van der Waals surface area (Å²) in [4.78, 5) is 62.3. The summed E-state index contributed by atoms with van der Waals surface area (Å²) in [5.74, 6) is -1.72. The zero-order valence-electron chi connectivity index (χ0n) is 19.5. The fourth-order valence-corrected chi connectivity index (χ4v) is 5.66. The van der Waals surface area contributed by atoms with Crippen molar-refractivity contribution in [3.8, 4) is 0 Å². The molecule has 1 fully saturated rings. The lowest BCUT2D eigenvalue weighted by Crippen LogP contribution is -2.49. The van der Waals surface area contributed by atoms with Gasteiger partial charge in [0.1, 0.15) is 6.54 Å². The fourth-order valence-electron chi connectivity index (χ4n) is 5.66. The highest BCUT2D eigenvalue weighted by atomic mass is 16.2. The largest absolute Gasteiger partial charge is 0.305 e. The molecule has 1 saturated carbocycles. The van der Waals surface area contributed by atoms with Gasteiger partial charge in [0.15, 0.2) is 0 Å². The van der Waals surface area contributed by atoms with Crippen LogP contribution in [0.2, 0.25) is 0 Å². The topological polar surface area (TPSA) is 90.9 Å². The highest BCUT2D eigenvalue weighted by molar-refractivity contribution is 6.23. The minimum absolute atomic E-state index is 0.0355. The third kappa shape index (κ3) is 3.48. The number of aromatic nitrogens is 1. The van der Waals surface area contributed by atoms with Gasteiger partial charge in [-0.15, -0.1) is 0 Å². The van der Waals surface area contributed by atoms with Crippen LogP contribution in [0.15, 0.2) is 72.9 Å². The Morgan fingerprint density at radius 2 is 1.47 bits per heavy atom. The Labute approximate surface area is 208 Å². The number of para-hydroxylation sites is 2. The first-order valence-corrected chi connectivity index (χ1v) is 12.1. The number of carbonyl (C=O) groups excluding carboxylic acids is 4. The molecule has 0 unspecified atom stereocenters. The van der Waals surface area contributed by atoms with Gasteiger partial charge in [-0.3, -0.25) is 29.1 Å². The Hall–Kier alpha value is -4.33. The normalized spacial score (nSPS) is 20.8. The number of hydrogen-bond acceptors (Lipinski definition) is 5. The van der Waals surface area contributed by atoms with Gasteiger partial charge in [-0.25, -0.2) is 0 Å². The smallest absolute Gasteiger partial charge is 0.262 e. The third-order valence-corrected chi connectivity index (χ3v) is 7.31. The summed E-state index contributed by atoms with van der Waals surface area (Å²) >= 11 is 0. The monoisotopic (exact) mass is 480 g/mol. The van der Waals surface area contributed by atoms with Gasteiger partial charge >= 0.3 is 0 Å². The highest BCUT2D eigenvalue weighted by Crippen LogP contribution is 2.43. The molecule has 4 amide bonds. The zero-order chi connectivity index (χ0) is 24.8. The quantitative estimate of drug-likeness (QED) is 0.534. The Balaban J connectivity index is 1.37. The summed E-state index contributed by atoms with van der Waals surface area (Å²) in [5.41, 5.74) is 2.60. The second kappa shape index (κ2) is 8.71. The van der Waals surface area contributed by atoms with Crippen LogP contribution in [-0.4, -0.2) is 46.1 Å². The van der Waals surface area contributed by atoms with E-state index < -0.39 is 11.8 Å². The Morgan fingerprint density at radius 3 is 2.17 bits per heavy atom. The predicted molar refractivity (Wildman–Crippen MR) is 132 cm³/mol. The Bertz CT molecular complexity index is 1350. The highest BCUT2D eigenvalue weighted by Gasteiger charge is 2.47. The van der Waals surface area contributed by atoms with Crippen molar-refractivity contribution in [2.45, 2.75) is 31.8 Å². The molecule has 1 aromatic heterocycles. The van der Waals surface area contributed by atoms with E-state index in [0.717, 1.165) is 17.0 Å². The van der Waals surface area contributed by atoms with Crippen LogP contribution in [0, 0.1) is 5.92 Å². The van der Waals surface area contributed by atoms with E-state index in [4.69, 9.17) is 0 Å². The fraction of sp³-hybridized carbons (Fsp3) is 0.250. The molecule has 0 saturated heterocycles. The van der Waals surface area contributed by atoms with Gasteiger partial charge in [0, 0.05) is 12.2 Å². The summed E-state index contributed by atoms with van der Waals surface area (Å²) in [5, 5.41) is 0. The maximum Gasteiger partial charge on any atom is 0.262 e. The number of benzene rings is 2. The van der Waals surface area contributed by atoms with Gasteiger partial charge in [-0.1, -0.05) is 36.8 Å². The van der Waals surface area contributed by atoms with Crippen LogP contribution in [0.4, 0.5) is 11.4 Å². The molecule has 6 rings (SSSR count). The van der Waals surface area contributed by atoms with Gasteiger partial charge in [0.25, 0.3) is 11.8 Å². The molecule has 180 valence electrons. The van der Waals surface area contributed by atoms with Gasteiger partial charge in [0.05, 0.1) is 40.7 Å². The van der Waals surface area contributed by atoms with E-state index in [9.17, 15) is 19.2 Å². The molecule has 3 heterocycles. The van der Waals surface area contributed by atoms with Gasteiger partial charge in [0.2, 0.25) is 11.8 Å². The van der Waals surface area contributed by atoms with E-state index >= 15 is 0 Å². The molecule has 8 nitrogen and oxygen atoms in total. The molecule has 0 spiro atoms. The van der Waals surface area contributed by atoms with Crippen molar-refractivity contribution in [3.05, 3.63) is 89.7 Å². The van der Waals surface area contributed by atoms with Crippen LogP contribution in [0.5, 0.6) is 0 Å². The molecule has 8 heteroatoms. The van der Waals surface area contributed by atoms with Crippen LogP contribution in [0.1, 0.15) is 45.7 Å². The average Bonchev–Trinajstić information content (AvgIpc) is 3.45. The van der Waals surface area contributed by atoms with E-state index in [2.05, 4.69) is 4.98 Å². The predicted octanol–water partition coefficient (Wildman–Crippen LogP) is 3.43. The van der Waals surface area contributed by atoms with E-state index in [0.29, 0.717) is 41.9 Å². The van der Waals surface area contributed by atoms with E-state index in [1.54, 1.807) is 40.3 Å². The minimum Gasteiger partial charge on any atom is -0.305 e. The van der Waals surface area contributed by atoms with Crippen LogP contribution in [0.3, 0.4) is 0 Å². The number of imide groups is 1. The molecule has 1 aliphatic carbocycles. The van der Waals surface area contributed by atoms with Gasteiger partial charge < -0.3 is 9.80 Å². The molecular weight excluding hydrogens is 456 g/mol. The lowest BCUT2D eigenvalue weighted by molar-refractivity contribution is -0.123. The summed E-state index contributed by atoms with van der Waals surface area (Å²) in [7, 11) is 0. The average molecular weight is 481 g/mol. The molecule has 0 N–H and O–H groups in total. The molecule has 3 aromatic rings. The molecule has 36 heavy (non-hydrogen) atoms. The molecule has 2 atom stereocenters. The first-order valence-electron chi connectivity index (χ1n) is 12.1. The number of hydrogen-bond donors (Lipinski definition) is 0. The Kier molecular flexibility index (Phi) is 5.36. The van der Waals surface area contributed by atoms with Crippen molar-refractivity contribution >= 4 is 35.0 Å². The van der Waals surface area contributed by atoms with Crippen LogP contribution in [-0.2, 0) is 16.1 Å². The second-order valence-corrected chi connectivity index (χ2v) is 9.34. The SMILES string of the molecule is O=C1c2ccccc2C(=O)N1CC(=O)N1c2ccccc2N(Cc2ccccn2)C(=O)[C@H]2CCC[C@H]21. The van der Waals surface area contributed by atoms with E-state index in [-0.39, 0.29) is 30.3 Å². The van der Waals surface area contributed by atoms with Crippen LogP contribution in [0.25, 0.3) is 0 Å². The number of carbonyl (C=O) groups is 4. The van der Waals surface area contributed by atoms with Gasteiger partial charge in [-0.2, -0.15) is 0 Å². The molecule has 2 aromatic carbocycles. The molecule has 0 bridgehead atoms. The number of nitrogens with zero attached hydrogens (tertiary/aromatic N) is 4. The molecule has 3 aliphatic rings. The summed E-state index contributed by atoms with van der Waals surface area (Å²) < 4.78 is 0. The zero-order valence-corrected chi connectivity index (χ0v) is 19.5. The van der Waals surface area contributed by atoms with Crippen molar-refractivity contribution in [3.63, 3.8) is 0 Å². The third-order valence-electron chi connectivity index (χ3n) is 7.31. The maximum absolute atomic E-state index is 13.9. The summed E-state index contributed by atoms with van der Waals surface area (Å²) in [6.07, 6.45) is 3.86. The van der Waals surface area contributed by atoms with Crippen molar-refractivity contribution in [2.24, 2.45) is 5.92 Å². The summed E-state index contributed by atoms with van der Waals surface area (Å²) in [6, 6.07) is 19.2. The maximum atomic E-state index is 13.9. The molecule has 0 radical (unpaired) electrons. The summed E-state index contributed by atoms with van der Waals surface area (Å²) in [6.45, 7) is -0.0846. The first kappa shape index (κ1) is 22.2. The van der Waals surface area contributed by atoms with Crippen molar-refractivity contribution in [1.82, 2.24) is 9.88 Å². The molecule has 2 aliphatic heterocycles. The standard InChI is InChI=1S/C28H24N4O4/c33-25(17-31-26(34)19-9-1-2-10-20(19)27(31)35)32-22-14-7-11-21(22)28(36)30(16-18-8-5-6-15-29-18)23-12-3-4-13-24(23)32/h1-6,8-10,12-13,15,21-22H,7,11,14,16-17H2/t21-,22+/m0/s1. The number of rotatable bonds is 4. The lowest BCUT2D eigenvalue weighted by Gasteiger charge is -2.31. The van der Waals surface area contributed by atoms with Crippen LogP contribution < -0.4 is 9.80 Å². The number of fused-ring (bicyclic) bond motifs is 3. The van der Waals surface area contributed by atoms with E-state index in [1.807, 2.05) is 42.5 Å². The number of anilines is 2. The van der Waals surface area contributed by atoms with Gasteiger partial charge in [-0.05, 0) is 49.2 Å². The van der Waals surface area contributed by atoms with Crippen molar-refractivity contribution in [2.75, 3.05) is 16.3 Å². The number of pyridine rings is 1. The second-order valence-electron chi connectivity index (χ2n) is 9.34. The lowest BCUT2D eigenvalue weighted by atomic mass is 10.0. The van der Waals surface area contributed by atoms with E-state index in [1.165, 1.54) is 0 Å². The Morgan fingerprint density at radius 1 is 0.806 bits per heavy atom. The first-order chi connectivity index (χ1) is 17.5. The number of amides is 4. The van der Waals surface area contributed by atoms with Crippen LogP contribution >= 0.6 is 0 Å². The van der Waals surface area contributed by atoms with Crippen molar-refractivity contribution in [1.29, 1.82) is 0 Å². The molecular formula is C28H24N4O4. The minimum atomic E-state index is -0.470. The van der Waals surface area contributed by atoms with Crippen molar-refractivity contribution < 1.29 is 19.2 Å².